The van der Waals surface area contributed by atoms with Crippen molar-refractivity contribution in [3.63, 3.8) is 0 Å². The summed E-state index contributed by atoms with van der Waals surface area (Å²) < 4.78 is 36.5. The van der Waals surface area contributed by atoms with Crippen LogP contribution in [0.25, 0.3) is 0 Å². The minimum Gasteiger partial charge on any atom is -0.404 e. The van der Waals surface area contributed by atoms with Crippen LogP contribution in [0.5, 0.6) is 5.75 Å². The SMILES string of the molecule is Cl.NOc1ccc(C(F)(F)F)cc1[N+](=O)[O-]. The number of hydrogen-bond acceptors (Lipinski definition) is 4. The number of rotatable bonds is 2. The van der Waals surface area contributed by atoms with Crippen molar-refractivity contribution in [3.8, 4) is 5.75 Å². The van der Waals surface area contributed by atoms with E-state index in [4.69, 9.17) is 0 Å². The van der Waals surface area contributed by atoms with E-state index in [0.717, 1.165) is 6.07 Å². The predicted molar refractivity (Wildman–Crippen MR) is 50.2 cm³/mol. The lowest BCUT2D eigenvalue weighted by atomic mass is 10.2. The van der Waals surface area contributed by atoms with Gasteiger partial charge in [0.2, 0.25) is 5.75 Å². The summed E-state index contributed by atoms with van der Waals surface area (Å²) in [6.45, 7) is 0. The number of nitro benzene ring substituents is 1. The van der Waals surface area contributed by atoms with Crippen molar-refractivity contribution in [1.82, 2.24) is 0 Å². The number of nitro groups is 1. The molecule has 1 rings (SSSR count). The molecule has 0 aromatic heterocycles. The Kier molecular flexibility index (Phi) is 4.51. The lowest BCUT2D eigenvalue weighted by molar-refractivity contribution is -0.386. The third-order valence-corrected chi connectivity index (χ3v) is 1.61. The molecular weight excluding hydrogens is 253 g/mol. The van der Waals surface area contributed by atoms with Crippen LogP contribution in [0.3, 0.4) is 0 Å². The maximum Gasteiger partial charge on any atom is 0.416 e. The summed E-state index contributed by atoms with van der Waals surface area (Å²) in [5, 5.41) is 10.4. The molecule has 16 heavy (non-hydrogen) atoms. The van der Waals surface area contributed by atoms with Crippen molar-refractivity contribution in [3.05, 3.63) is 33.9 Å². The van der Waals surface area contributed by atoms with Crippen molar-refractivity contribution in [2.24, 2.45) is 5.90 Å². The summed E-state index contributed by atoms with van der Waals surface area (Å²) in [7, 11) is 0. The molecule has 2 N–H and O–H groups in total. The Bertz CT molecular complexity index is 397. The summed E-state index contributed by atoms with van der Waals surface area (Å²) in [5.41, 5.74) is -1.96. The van der Waals surface area contributed by atoms with Crippen LogP contribution in [0.2, 0.25) is 0 Å². The zero-order chi connectivity index (χ0) is 11.6. The van der Waals surface area contributed by atoms with Crippen molar-refractivity contribution in [1.29, 1.82) is 0 Å². The summed E-state index contributed by atoms with van der Waals surface area (Å²) in [6.07, 6.45) is -4.64. The van der Waals surface area contributed by atoms with E-state index >= 15 is 0 Å². The van der Waals surface area contributed by atoms with Gasteiger partial charge in [-0.1, -0.05) is 0 Å². The topological polar surface area (TPSA) is 78.4 Å². The number of benzene rings is 1. The van der Waals surface area contributed by atoms with E-state index in [1.54, 1.807) is 0 Å². The largest absolute Gasteiger partial charge is 0.416 e. The van der Waals surface area contributed by atoms with Gasteiger partial charge in [-0.15, -0.1) is 12.4 Å². The van der Waals surface area contributed by atoms with Gasteiger partial charge in [-0.3, -0.25) is 10.1 Å². The van der Waals surface area contributed by atoms with Gasteiger partial charge in [0, 0.05) is 6.07 Å². The van der Waals surface area contributed by atoms with Gasteiger partial charge in [0.25, 0.3) is 0 Å². The molecule has 0 unspecified atom stereocenters. The number of halogens is 4. The summed E-state index contributed by atoms with van der Waals surface area (Å²) >= 11 is 0. The summed E-state index contributed by atoms with van der Waals surface area (Å²) in [6, 6.07) is 1.80. The number of hydrogen-bond donors (Lipinski definition) is 1. The summed E-state index contributed by atoms with van der Waals surface area (Å²) in [4.78, 5) is 13.4. The van der Waals surface area contributed by atoms with Gasteiger partial charge in [0.1, 0.15) is 0 Å². The van der Waals surface area contributed by atoms with Crippen molar-refractivity contribution in [2.45, 2.75) is 6.18 Å². The van der Waals surface area contributed by atoms with Crippen LogP contribution in [0.15, 0.2) is 18.2 Å². The molecule has 0 saturated heterocycles. The zero-order valence-corrected chi connectivity index (χ0v) is 8.34. The van der Waals surface area contributed by atoms with E-state index in [1.165, 1.54) is 0 Å². The molecule has 0 spiro atoms. The fourth-order valence-corrected chi connectivity index (χ4v) is 0.936. The zero-order valence-electron chi connectivity index (χ0n) is 7.52. The maximum atomic E-state index is 12.2. The van der Waals surface area contributed by atoms with Crippen molar-refractivity contribution < 1.29 is 22.9 Å². The molecule has 0 aliphatic rings. The molecule has 9 heteroatoms. The number of nitrogens with two attached hydrogens (primary N) is 1. The Morgan fingerprint density at radius 1 is 1.38 bits per heavy atom. The maximum absolute atomic E-state index is 12.2. The van der Waals surface area contributed by atoms with Gasteiger partial charge in [-0.2, -0.15) is 19.1 Å². The standard InChI is InChI=1S/C7H5F3N2O3.ClH/c8-7(9,10)4-1-2-6(15-11)5(3-4)12(13)14;/h1-3H,11H2;1H. The highest BCUT2D eigenvalue weighted by molar-refractivity contribution is 5.85. The van der Waals surface area contributed by atoms with Crippen LogP contribution in [0.1, 0.15) is 5.56 Å². The second kappa shape index (κ2) is 4.99. The van der Waals surface area contributed by atoms with Gasteiger partial charge in [-0.25, -0.2) is 0 Å². The third kappa shape index (κ3) is 2.97. The lowest BCUT2D eigenvalue weighted by Gasteiger charge is -2.07. The Morgan fingerprint density at radius 2 is 1.94 bits per heavy atom. The Hall–Kier alpha value is -1.54. The van der Waals surface area contributed by atoms with Crippen LogP contribution in [-0.2, 0) is 6.18 Å². The molecular formula is C7H6ClF3N2O3. The molecule has 0 radical (unpaired) electrons. The lowest BCUT2D eigenvalue weighted by Crippen LogP contribution is -2.08. The van der Waals surface area contributed by atoms with E-state index in [-0.39, 0.29) is 12.4 Å². The molecule has 1 aromatic carbocycles. The van der Waals surface area contributed by atoms with Crippen LogP contribution in [0, 0.1) is 10.1 Å². The summed E-state index contributed by atoms with van der Waals surface area (Å²) in [5.74, 6) is 4.24. The minimum atomic E-state index is -4.64. The first-order valence-electron chi connectivity index (χ1n) is 3.58. The second-order valence-corrected chi connectivity index (χ2v) is 2.56. The van der Waals surface area contributed by atoms with Gasteiger partial charge >= 0.3 is 11.9 Å². The average molecular weight is 259 g/mol. The van der Waals surface area contributed by atoms with Gasteiger partial charge < -0.3 is 4.84 Å². The number of alkyl halides is 3. The van der Waals surface area contributed by atoms with Gasteiger partial charge in [0.05, 0.1) is 10.5 Å². The van der Waals surface area contributed by atoms with Crippen LogP contribution < -0.4 is 10.7 Å². The van der Waals surface area contributed by atoms with E-state index in [2.05, 4.69) is 10.7 Å². The molecule has 0 aliphatic carbocycles. The Balaban J connectivity index is 0.00000225. The normalized spacial score (nSPS) is 10.5. The molecule has 0 bridgehead atoms. The molecule has 5 nitrogen and oxygen atoms in total. The molecule has 0 fully saturated rings. The fraction of sp³-hybridized carbons (Fsp3) is 0.143. The smallest absolute Gasteiger partial charge is 0.404 e. The molecule has 1 aromatic rings. The highest BCUT2D eigenvalue weighted by atomic mass is 35.5. The van der Waals surface area contributed by atoms with Gasteiger partial charge in [-0.05, 0) is 12.1 Å². The van der Waals surface area contributed by atoms with E-state index in [0.29, 0.717) is 12.1 Å². The number of nitrogens with zero attached hydrogens (tertiary/aromatic N) is 1. The molecule has 90 valence electrons. The quantitative estimate of drug-likeness (QED) is 0.652. The van der Waals surface area contributed by atoms with Gasteiger partial charge in [0.15, 0.2) is 0 Å². The fourth-order valence-electron chi connectivity index (χ4n) is 0.936. The molecule has 0 aliphatic heterocycles. The second-order valence-electron chi connectivity index (χ2n) is 2.56. The minimum absolute atomic E-state index is 0. The highest BCUT2D eigenvalue weighted by Crippen LogP contribution is 2.35. The van der Waals surface area contributed by atoms with Crippen LogP contribution in [0.4, 0.5) is 18.9 Å². The van der Waals surface area contributed by atoms with Crippen molar-refractivity contribution >= 4 is 18.1 Å². The highest BCUT2D eigenvalue weighted by Gasteiger charge is 2.33. The van der Waals surface area contributed by atoms with Crippen LogP contribution >= 0.6 is 12.4 Å². The first-order valence-corrected chi connectivity index (χ1v) is 3.58. The molecule has 0 amide bonds. The third-order valence-electron chi connectivity index (χ3n) is 1.61. The van der Waals surface area contributed by atoms with E-state index in [1.807, 2.05) is 0 Å². The predicted octanol–water partition coefficient (Wildman–Crippen LogP) is 2.29. The van der Waals surface area contributed by atoms with E-state index in [9.17, 15) is 23.3 Å². The first kappa shape index (κ1) is 14.5. The molecule has 0 heterocycles. The Morgan fingerprint density at radius 3 is 2.31 bits per heavy atom. The molecule has 0 atom stereocenters. The van der Waals surface area contributed by atoms with E-state index < -0.39 is 28.1 Å². The monoisotopic (exact) mass is 258 g/mol. The van der Waals surface area contributed by atoms with Crippen molar-refractivity contribution in [2.75, 3.05) is 0 Å². The Labute approximate surface area is 93.5 Å². The first-order chi connectivity index (χ1) is 6.86. The van der Waals surface area contributed by atoms with Crippen LogP contribution in [-0.4, -0.2) is 4.92 Å². The average Bonchev–Trinajstić information content (AvgIpc) is 2.15. The molecule has 0 saturated carbocycles.